The van der Waals surface area contributed by atoms with E-state index in [0.717, 1.165) is 18.7 Å². The lowest BCUT2D eigenvalue weighted by Crippen LogP contribution is -2.22. The zero-order valence-electron chi connectivity index (χ0n) is 9.47. The van der Waals surface area contributed by atoms with E-state index in [4.69, 9.17) is 4.42 Å². The van der Waals surface area contributed by atoms with Gasteiger partial charge in [-0.15, -0.1) is 0 Å². The fourth-order valence-electron chi connectivity index (χ4n) is 1.41. The molecule has 14 heavy (non-hydrogen) atoms. The SMILES string of the molecule is CCCCc1ccoc1CNC(C)C. The molecular weight excluding hydrogens is 174 g/mol. The van der Waals surface area contributed by atoms with Gasteiger partial charge in [0.05, 0.1) is 12.8 Å². The third-order valence-electron chi connectivity index (χ3n) is 2.31. The Kier molecular flexibility index (Phi) is 4.74. The maximum atomic E-state index is 5.45. The van der Waals surface area contributed by atoms with Crippen molar-refractivity contribution in [3.05, 3.63) is 23.7 Å². The van der Waals surface area contributed by atoms with Gasteiger partial charge in [-0.1, -0.05) is 27.2 Å². The number of hydrogen-bond donors (Lipinski definition) is 1. The van der Waals surface area contributed by atoms with E-state index in [9.17, 15) is 0 Å². The van der Waals surface area contributed by atoms with Gasteiger partial charge in [0.1, 0.15) is 5.76 Å². The molecule has 1 N–H and O–H groups in total. The first-order chi connectivity index (χ1) is 6.74. The van der Waals surface area contributed by atoms with E-state index in [1.807, 2.05) is 0 Å². The van der Waals surface area contributed by atoms with Gasteiger partial charge in [-0.2, -0.15) is 0 Å². The van der Waals surface area contributed by atoms with Gasteiger partial charge >= 0.3 is 0 Å². The smallest absolute Gasteiger partial charge is 0.120 e. The maximum absolute atomic E-state index is 5.45. The maximum Gasteiger partial charge on any atom is 0.120 e. The molecule has 0 unspecified atom stereocenters. The molecule has 0 fully saturated rings. The van der Waals surface area contributed by atoms with Crippen molar-refractivity contribution in [3.63, 3.8) is 0 Å². The number of rotatable bonds is 6. The Labute approximate surface area is 86.7 Å². The lowest BCUT2D eigenvalue weighted by atomic mass is 10.1. The van der Waals surface area contributed by atoms with Gasteiger partial charge < -0.3 is 9.73 Å². The zero-order valence-corrected chi connectivity index (χ0v) is 9.47. The Balaban J connectivity index is 2.45. The van der Waals surface area contributed by atoms with E-state index in [1.54, 1.807) is 6.26 Å². The Morgan fingerprint density at radius 1 is 1.43 bits per heavy atom. The Morgan fingerprint density at radius 3 is 2.86 bits per heavy atom. The summed E-state index contributed by atoms with van der Waals surface area (Å²) < 4.78 is 5.45. The predicted octanol–water partition coefficient (Wildman–Crippen LogP) is 3.12. The average molecular weight is 195 g/mol. The summed E-state index contributed by atoms with van der Waals surface area (Å²) >= 11 is 0. The van der Waals surface area contributed by atoms with Crippen LogP contribution in [0.4, 0.5) is 0 Å². The molecule has 0 amide bonds. The van der Waals surface area contributed by atoms with Crippen LogP contribution in [0.1, 0.15) is 44.9 Å². The molecule has 1 aromatic rings. The van der Waals surface area contributed by atoms with Crippen LogP contribution >= 0.6 is 0 Å². The van der Waals surface area contributed by atoms with Crippen LogP contribution in [0.5, 0.6) is 0 Å². The minimum absolute atomic E-state index is 0.513. The van der Waals surface area contributed by atoms with Gasteiger partial charge in [0.2, 0.25) is 0 Å². The molecule has 0 aromatic carbocycles. The molecule has 0 radical (unpaired) electrons. The first kappa shape index (κ1) is 11.3. The lowest BCUT2D eigenvalue weighted by molar-refractivity contribution is 0.460. The van der Waals surface area contributed by atoms with Crippen molar-refractivity contribution >= 4 is 0 Å². The fourth-order valence-corrected chi connectivity index (χ4v) is 1.41. The molecule has 2 heteroatoms. The highest BCUT2D eigenvalue weighted by Gasteiger charge is 2.05. The Hall–Kier alpha value is -0.760. The molecule has 0 saturated carbocycles. The van der Waals surface area contributed by atoms with Crippen LogP contribution in [0, 0.1) is 0 Å². The van der Waals surface area contributed by atoms with Gasteiger partial charge in [-0.05, 0) is 24.5 Å². The van der Waals surface area contributed by atoms with Crippen molar-refractivity contribution in [2.24, 2.45) is 0 Å². The number of unbranched alkanes of at least 4 members (excludes halogenated alkanes) is 1. The highest BCUT2D eigenvalue weighted by atomic mass is 16.3. The summed E-state index contributed by atoms with van der Waals surface area (Å²) in [5.74, 6) is 1.10. The Bertz CT molecular complexity index is 253. The van der Waals surface area contributed by atoms with Crippen LogP contribution < -0.4 is 5.32 Å². The Morgan fingerprint density at radius 2 is 2.21 bits per heavy atom. The van der Waals surface area contributed by atoms with Gasteiger partial charge in [0, 0.05) is 6.04 Å². The molecule has 0 aliphatic rings. The summed E-state index contributed by atoms with van der Waals surface area (Å²) in [4.78, 5) is 0. The van der Waals surface area contributed by atoms with Crippen LogP contribution in [0.2, 0.25) is 0 Å². The molecule has 0 atom stereocenters. The van der Waals surface area contributed by atoms with Crippen molar-refractivity contribution in [2.75, 3.05) is 0 Å². The quantitative estimate of drug-likeness (QED) is 0.754. The molecule has 80 valence electrons. The predicted molar refractivity (Wildman–Crippen MR) is 59.3 cm³/mol. The first-order valence-corrected chi connectivity index (χ1v) is 5.52. The van der Waals surface area contributed by atoms with Gasteiger partial charge in [-0.25, -0.2) is 0 Å². The molecule has 1 heterocycles. The molecule has 2 nitrogen and oxygen atoms in total. The van der Waals surface area contributed by atoms with E-state index in [2.05, 4.69) is 32.2 Å². The second-order valence-electron chi connectivity index (χ2n) is 4.01. The summed E-state index contributed by atoms with van der Waals surface area (Å²) in [5.41, 5.74) is 1.36. The van der Waals surface area contributed by atoms with Crippen molar-refractivity contribution in [1.29, 1.82) is 0 Å². The molecule has 0 spiro atoms. The highest BCUT2D eigenvalue weighted by molar-refractivity contribution is 5.17. The van der Waals surface area contributed by atoms with E-state index in [-0.39, 0.29) is 0 Å². The topological polar surface area (TPSA) is 25.2 Å². The number of nitrogens with one attached hydrogen (secondary N) is 1. The van der Waals surface area contributed by atoms with Crippen molar-refractivity contribution in [1.82, 2.24) is 5.32 Å². The van der Waals surface area contributed by atoms with Gasteiger partial charge in [0.25, 0.3) is 0 Å². The average Bonchev–Trinajstić information content (AvgIpc) is 2.58. The van der Waals surface area contributed by atoms with Crippen LogP contribution in [0.3, 0.4) is 0 Å². The van der Waals surface area contributed by atoms with E-state index in [0.29, 0.717) is 6.04 Å². The summed E-state index contributed by atoms with van der Waals surface area (Å²) in [6.45, 7) is 7.36. The molecular formula is C12H21NO. The van der Waals surface area contributed by atoms with E-state index in [1.165, 1.54) is 18.4 Å². The van der Waals surface area contributed by atoms with Crippen molar-refractivity contribution < 1.29 is 4.42 Å². The molecule has 0 aliphatic carbocycles. The second kappa shape index (κ2) is 5.86. The summed E-state index contributed by atoms with van der Waals surface area (Å²) in [5, 5.41) is 3.37. The summed E-state index contributed by atoms with van der Waals surface area (Å²) in [7, 11) is 0. The van der Waals surface area contributed by atoms with E-state index < -0.39 is 0 Å². The van der Waals surface area contributed by atoms with Crippen molar-refractivity contribution in [2.45, 2.75) is 52.6 Å². The molecule has 1 aromatic heterocycles. The lowest BCUT2D eigenvalue weighted by Gasteiger charge is -2.07. The fraction of sp³-hybridized carbons (Fsp3) is 0.667. The summed E-state index contributed by atoms with van der Waals surface area (Å²) in [6.07, 6.45) is 5.42. The molecule has 0 saturated heterocycles. The van der Waals surface area contributed by atoms with Gasteiger partial charge in [-0.3, -0.25) is 0 Å². The van der Waals surface area contributed by atoms with Crippen LogP contribution in [-0.4, -0.2) is 6.04 Å². The highest BCUT2D eigenvalue weighted by Crippen LogP contribution is 2.13. The zero-order chi connectivity index (χ0) is 10.4. The monoisotopic (exact) mass is 195 g/mol. The van der Waals surface area contributed by atoms with E-state index >= 15 is 0 Å². The number of hydrogen-bond acceptors (Lipinski definition) is 2. The normalized spacial score (nSPS) is 11.1. The summed E-state index contributed by atoms with van der Waals surface area (Å²) in [6, 6.07) is 2.60. The number of furan rings is 1. The molecule has 0 aliphatic heterocycles. The first-order valence-electron chi connectivity index (χ1n) is 5.52. The third kappa shape index (κ3) is 3.54. The second-order valence-corrected chi connectivity index (χ2v) is 4.01. The standard InChI is InChI=1S/C12H21NO/c1-4-5-6-11-7-8-14-12(11)9-13-10(2)3/h7-8,10,13H,4-6,9H2,1-3H3. The van der Waals surface area contributed by atoms with Crippen LogP contribution in [0.25, 0.3) is 0 Å². The van der Waals surface area contributed by atoms with Crippen LogP contribution in [-0.2, 0) is 13.0 Å². The third-order valence-corrected chi connectivity index (χ3v) is 2.31. The van der Waals surface area contributed by atoms with Crippen molar-refractivity contribution in [3.8, 4) is 0 Å². The number of aryl methyl sites for hydroxylation is 1. The minimum atomic E-state index is 0.513. The van der Waals surface area contributed by atoms with Gasteiger partial charge in [0.15, 0.2) is 0 Å². The van der Waals surface area contributed by atoms with Crippen LogP contribution in [0.15, 0.2) is 16.7 Å². The molecule has 0 bridgehead atoms. The minimum Gasteiger partial charge on any atom is -0.468 e. The molecule has 1 rings (SSSR count). The largest absolute Gasteiger partial charge is 0.468 e.